The summed E-state index contributed by atoms with van der Waals surface area (Å²) in [4.78, 5) is 0. The highest BCUT2D eigenvalue weighted by Gasteiger charge is 2.21. The Morgan fingerprint density at radius 1 is 0.167 bits per heavy atom. The summed E-state index contributed by atoms with van der Waals surface area (Å²) in [5.74, 6) is 0. The van der Waals surface area contributed by atoms with Crippen LogP contribution in [0.3, 0.4) is 0 Å². The van der Waals surface area contributed by atoms with Gasteiger partial charge in [-0.3, -0.25) is 0 Å². The van der Waals surface area contributed by atoms with Crippen LogP contribution < -0.4 is 0 Å². The molecule has 84 heavy (non-hydrogen) atoms. The number of para-hydroxylation sites is 2. The molecular weight excluding hydrogens is 1010 g/mol. The zero-order valence-electron chi connectivity index (χ0n) is 45.9. The molecule has 0 atom stereocenters. The lowest BCUT2D eigenvalue weighted by molar-refractivity contribution is 1.18. The van der Waals surface area contributed by atoms with Crippen molar-refractivity contribution in [2.45, 2.75) is 0 Å². The highest BCUT2D eigenvalue weighted by molar-refractivity contribution is 6.23. The molecular formula is C82H52N2. The first kappa shape index (κ1) is 47.7. The highest BCUT2D eigenvalue weighted by Crippen LogP contribution is 2.47. The second-order valence-electron chi connectivity index (χ2n) is 22.3. The van der Waals surface area contributed by atoms with Crippen LogP contribution in [0, 0.1) is 0 Å². The van der Waals surface area contributed by atoms with E-state index < -0.39 is 0 Å². The van der Waals surface area contributed by atoms with Gasteiger partial charge in [0.25, 0.3) is 0 Å². The predicted molar refractivity (Wildman–Crippen MR) is 358 cm³/mol. The number of rotatable bonds is 8. The molecule has 2 heterocycles. The largest absolute Gasteiger partial charge is 0.309 e. The quantitative estimate of drug-likeness (QED) is 0.134. The topological polar surface area (TPSA) is 9.86 Å². The zero-order valence-corrected chi connectivity index (χ0v) is 45.9. The molecule has 0 spiro atoms. The van der Waals surface area contributed by atoms with Gasteiger partial charge in [0.15, 0.2) is 0 Å². The lowest BCUT2D eigenvalue weighted by atomic mass is 9.84. The van der Waals surface area contributed by atoms with Crippen molar-refractivity contribution in [3.05, 3.63) is 315 Å². The van der Waals surface area contributed by atoms with Gasteiger partial charge in [-0.2, -0.15) is 0 Å². The monoisotopic (exact) mass is 1060 g/mol. The van der Waals surface area contributed by atoms with E-state index in [0.29, 0.717) is 0 Å². The Kier molecular flexibility index (Phi) is 11.0. The third-order valence-corrected chi connectivity index (χ3v) is 17.7. The molecule has 17 aromatic rings. The molecule has 0 radical (unpaired) electrons. The van der Waals surface area contributed by atoms with Gasteiger partial charge in [-0.25, -0.2) is 0 Å². The zero-order chi connectivity index (χ0) is 55.2. The molecule has 2 aromatic heterocycles. The fourth-order valence-corrected chi connectivity index (χ4v) is 13.8. The van der Waals surface area contributed by atoms with Crippen LogP contribution in [0.1, 0.15) is 0 Å². The molecule has 0 aliphatic rings. The summed E-state index contributed by atoms with van der Waals surface area (Å²) in [6.45, 7) is 0. The van der Waals surface area contributed by atoms with Crippen LogP contribution in [-0.4, -0.2) is 9.13 Å². The van der Waals surface area contributed by atoms with E-state index in [1.54, 1.807) is 0 Å². The van der Waals surface area contributed by atoms with Crippen LogP contribution in [0.5, 0.6) is 0 Å². The first-order chi connectivity index (χ1) is 41.7. The number of aromatic nitrogens is 2. The van der Waals surface area contributed by atoms with Gasteiger partial charge >= 0.3 is 0 Å². The minimum Gasteiger partial charge on any atom is -0.309 e. The third kappa shape index (κ3) is 7.65. The minimum atomic E-state index is 1.14. The number of fused-ring (bicyclic) bond motifs is 10. The van der Waals surface area contributed by atoms with E-state index in [4.69, 9.17) is 0 Å². The second kappa shape index (κ2) is 19.3. The number of hydrogen-bond donors (Lipinski definition) is 0. The fraction of sp³-hybridized carbons (Fsp3) is 0. The average Bonchev–Trinajstić information content (AvgIpc) is 4.23. The van der Waals surface area contributed by atoms with Gasteiger partial charge in [0.1, 0.15) is 0 Å². The Labute approximate surface area is 486 Å². The van der Waals surface area contributed by atoms with Crippen molar-refractivity contribution in [1.82, 2.24) is 9.13 Å². The fourth-order valence-electron chi connectivity index (χ4n) is 13.8. The molecule has 0 bridgehead atoms. The summed E-state index contributed by atoms with van der Waals surface area (Å²) >= 11 is 0. The molecule has 0 amide bonds. The van der Waals surface area contributed by atoms with Crippen molar-refractivity contribution < 1.29 is 0 Å². The van der Waals surface area contributed by atoms with E-state index >= 15 is 0 Å². The van der Waals surface area contributed by atoms with E-state index in [0.717, 1.165) is 11.4 Å². The van der Waals surface area contributed by atoms with Gasteiger partial charge in [0.2, 0.25) is 0 Å². The molecule has 15 aromatic carbocycles. The van der Waals surface area contributed by atoms with Crippen molar-refractivity contribution in [1.29, 1.82) is 0 Å². The van der Waals surface area contributed by atoms with Gasteiger partial charge < -0.3 is 9.13 Å². The van der Waals surface area contributed by atoms with Crippen molar-refractivity contribution >= 4 is 86.7 Å². The number of nitrogens with zero attached hydrogens (tertiary/aromatic N) is 2. The molecule has 0 unspecified atom stereocenters. The van der Waals surface area contributed by atoms with Gasteiger partial charge in [-0.1, -0.05) is 243 Å². The SMILES string of the molecule is c1ccc(-c2c3ccc(-c4ccc5c(c4)c4ccccc4n5-c4ccc(-c5cccc6ccccc56)cc4)cc3c(-c3ccccc3)c3ccc(-c4ccc5c(c4)c4ccccc4n5-c4ccc(-c5cccc6ccccc56)cc4)cc23)cc1. The summed E-state index contributed by atoms with van der Waals surface area (Å²) in [6, 6.07) is 117. The Hall–Kier alpha value is -11.1. The normalized spacial score (nSPS) is 11.8. The lowest BCUT2D eigenvalue weighted by Gasteiger charge is -2.20. The first-order valence-electron chi connectivity index (χ1n) is 29.1. The predicted octanol–water partition coefficient (Wildman–Crippen LogP) is 22.5. The number of hydrogen-bond acceptors (Lipinski definition) is 0. The summed E-state index contributed by atoms with van der Waals surface area (Å²) in [5, 5.41) is 14.9. The van der Waals surface area contributed by atoms with Gasteiger partial charge in [0.05, 0.1) is 22.1 Å². The van der Waals surface area contributed by atoms with Crippen LogP contribution in [0.4, 0.5) is 0 Å². The summed E-state index contributed by atoms with van der Waals surface area (Å²) in [7, 11) is 0. The Balaban J connectivity index is 0.796. The molecule has 2 heteroatoms. The Morgan fingerprint density at radius 3 is 0.917 bits per heavy atom. The maximum atomic E-state index is 2.45. The smallest absolute Gasteiger partial charge is 0.0541 e. The van der Waals surface area contributed by atoms with Crippen LogP contribution in [0.15, 0.2) is 315 Å². The molecule has 0 saturated heterocycles. The lowest BCUT2D eigenvalue weighted by Crippen LogP contribution is -1.94. The molecule has 0 fully saturated rings. The summed E-state index contributed by atoms with van der Waals surface area (Å²) in [5.41, 5.74) is 21.6. The van der Waals surface area contributed by atoms with Gasteiger partial charge in [0, 0.05) is 32.9 Å². The van der Waals surface area contributed by atoms with Crippen molar-refractivity contribution in [2.75, 3.05) is 0 Å². The molecule has 2 nitrogen and oxygen atoms in total. The third-order valence-electron chi connectivity index (χ3n) is 17.7. The Morgan fingerprint density at radius 2 is 0.488 bits per heavy atom. The van der Waals surface area contributed by atoms with Crippen molar-refractivity contribution in [3.63, 3.8) is 0 Å². The maximum Gasteiger partial charge on any atom is 0.0541 e. The molecule has 0 aliphatic heterocycles. The molecule has 0 N–H and O–H groups in total. The van der Waals surface area contributed by atoms with E-state index in [2.05, 4.69) is 325 Å². The standard InChI is InChI=1S/C82H52N2/c1-3-19-57(20-4-1)81-71-45-37-60(62-40-48-80-74(50-62)70-28-12-14-32-78(70)84(80)64-43-35-56(36-44-64)68-30-16-24-54-18-8-10-26-66(54)68)52-76(71)82(58-21-5-2-6-22-58)72-46-38-59(51-75(72)81)61-39-47-79-73(49-61)69-27-11-13-31-77(69)83(79)63-41-33-55(34-42-63)67-29-15-23-53-17-7-9-25-65(53)67/h1-52H. The van der Waals surface area contributed by atoms with E-state index in [9.17, 15) is 0 Å². The molecule has 17 rings (SSSR count). The van der Waals surface area contributed by atoms with Crippen molar-refractivity contribution in [2.24, 2.45) is 0 Å². The number of benzene rings is 15. The summed E-state index contributed by atoms with van der Waals surface area (Å²) in [6.07, 6.45) is 0. The van der Waals surface area contributed by atoms with Crippen LogP contribution in [0.25, 0.3) is 165 Å². The highest BCUT2D eigenvalue weighted by atomic mass is 15.0. The van der Waals surface area contributed by atoms with E-state index in [-0.39, 0.29) is 0 Å². The average molecular weight is 1070 g/mol. The summed E-state index contributed by atoms with van der Waals surface area (Å²) < 4.78 is 4.84. The van der Waals surface area contributed by atoms with E-state index in [1.807, 2.05) is 0 Å². The molecule has 390 valence electrons. The Bertz CT molecular complexity index is 5100. The van der Waals surface area contributed by atoms with Crippen LogP contribution in [-0.2, 0) is 0 Å². The first-order valence-corrected chi connectivity index (χ1v) is 29.1. The molecule has 0 aliphatic carbocycles. The minimum absolute atomic E-state index is 1.14. The van der Waals surface area contributed by atoms with Crippen LogP contribution >= 0.6 is 0 Å². The molecule has 0 saturated carbocycles. The van der Waals surface area contributed by atoms with Gasteiger partial charge in [-0.15, -0.1) is 0 Å². The maximum absolute atomic E-state index is 2.45. The van der Waals surface area contributed by atoms with Crippen LogP contribution in [0.2, 0.25) is 0 Å². The second-order valence-corrected chi connectivity index (χ2v) is 22.3. The van der Waals surface area contributed by atoms with E-state index in [1.165, 1.54) is 153 Å². The van der Waals surface area contributed by atoms with Gasteiger partial charge in [-0.05, 0) is 183 Å². The van der Waals surface area contributed by atoms with Crippen molar-refractivity contribution in [3.8, 4) is 78.1 Å².